The van der Waals surface area contributed by atoms with Crippen molar-refractivity contribution in [2.75, 3.05) is 14.2 Å². The number of rotatable bonds is 6. The maximum atomic E-state index is 12.2. The van der Waals surface area contributed by atoms with Crippen molar-refractivity contribution in [1.82, 2.24) is 10.3 Å². The van der Waals surface area contributed by atoms with Gasteiger partial charge in [-0.15, -0.1) is 0 Å². The summed E-state index contributed by atoms with van der Waals surface area (Å²) in [5, 5.41) is 3.67. The molecule has 6 nitrogen and oxygen atoms in total. The molecule has 0 saturated heterocycles. The van der Waals surface area contributed by atoms with Crippen LogP contribution in [0.3, 0.4) is 0 Å². The van der Waals surface area contributed by atoms with Crippen LogP contribution in [0.15, 0.2) is 53.3 Å². The van der Waals surface area contributed by atoms with Crippen molar-refractivity contribution in [2.24, 2.45) is 0 Å². The van der Waals surface area contributed by atoms with E-state index in [4.69, 9.17) is 9.47 Å². The SMILES string of the molecule is COc1ccc(CC(=O)NCc2cc3ccc(OC)cc3[nH]c2=O)cc1. The van der Waals surface area contributed by atoms with Crippen LogP contribution in [0.1, 0.15) is 11.1 Å². The summed E-state index contributed by atoms with van der Waals surface area (Å²) in [6.45, 7) is 0.173. The number of fused-ring (bicyclic) bond motifs is 1. The Kier molecular flexibility index (Phi) is 5.22. The number of hydrogen-bond acceptors (Lipinski definition) is 4. The summed E-state index contributed by atoms with van der Waals surface area (Å²) in [4.78, 5) is 27.2. The third kappa shape index (κ3) is 4.03. The van der Waals surface area contributed by atoms with Gasteiger partial charge in [0.25, 0.3) is 5.56 Å². The van der Waals surface area contributed by atoms with Crippen LogP contribution in [0.2, 0.25) is 0 Å². The van der Waals surface area contributed by atoms with Gasteiger partial charge in [0.15, 0.2) is 0 Å². The topological polar surface area (TPSA) is 80.4 Å². The van der Waals surface area contributed by atoms with Gasteiger partial charge in [-0.3, -0.25) is 9.59 Å². The van der Waals surface area contributed by atoms with Crippen molar-refractivity contribution in [3.05, 3.63) is 70.0 Å². The van der Waals surface area contributed by atoms with Crippen LogP contribution in [-0.4, -0.2) is 25.1 Å². The lowest BCUT2D eigenvalue weighted by Crippen LogP contribution is -2.27. The second-order valence-corrected chi connectivity index (χ2v) is 5.88. The molecule has 0 saturated carbocycles. The lowest BCUT2D eigenvalue weighted by Gasteiger charge is -2.08. The van der Waals surface area contributed by atoms with Crippen LogP contribution in [-0.2, 0) is 17.8 Å². The first kappa shape index (κ1) is 17.5. The molecule has 2 aromatic carbocycles. The van der Waals surface area contributed by atoms with Gasteiger partial charge in [-0.05, 0) is 41.3 Å². The number of pyridine rings is 1. The molecule has 1 heterocycles. The second kappa shape index (κ2) is 7.74. The number of aromatic amines is 1. The molecule has 0 aliphatic rings. The Labute approximate surface area is 150 Å². The highest BCUT2D eigenvalue weighted by atomic mass is 16.5. The maximum Gasteiger partial charge on any atom is 0.253 e. The Morgan fingerprint density at radius 2 is 1.69 bits per heavy atom. The Morgan fingerprint density at radius 3 is 2.38 bits per heavy atom. The number of carbonyl (C=O) groups is 1. The molecular weight excluding hydrogens is 332 g/mol. The molecule has 1 aromatic heterocycles. The number of hydrogen-bond donors (Lipinski definition) is 2. The molecule has 1 amide bonds. The van der Waals surface area contributed by atoms with Gasteiger partial charge in [0.05, 0.1) is 26.2 Å². The normalized spacial score (nSPS) is 10.5. The summed E-state index contributed by atoms with van der Waals surface area (Å²) in [6.07, 6.45) is 0.243. The Hall–Kier alpha value is -3.28. The minimum atomic E-state index is -0.226. The summed E-state index contributed by atoms with van der Waals surface area (Å²) < 4.78 is 10.3. The van der Waals surface area contributed by atoms with E-state index in [1.54, 1.807) is 26.4 Å². The Bertz CT molecular complexity index is 977. The number of H-pyrrole nitrogens is 1. The predicted molar refractivity (Wildman–Crippen MR) is 99.7 cm³/mol. The van der Waals surface area contributed by atoms with Crippen LogP contribution in [0.4, 0.5) is 0 Å². The van der Waals surface area contributed by atoms with E-state index >= 15 is 0 Å². The van der Waals surface area contributed by atoms with E-state index in [1.165, 1.54) is 0 Å². The Balaban J connectivity index is 1.67. The van der Waals surface area contributed by atoms with Gasteiger partial charge in [0, 0.05) is 18.2 Å². The molecule has 0 atom stereocenters. The van der Waals surface area contributed by atoms with Crippen LogP contribution < -0.4 is 20.3 Å². The average molecular weight is 352 g/mol. The van der Waals surface area contributed by atoms with Gasteiger partial charge in [0.2, 0.25) is 5.91 Å². The van der Waals surface area contributed by atoms with Gasteiger partial charge < -0.3 is 19.8 Å². The molecule has 0 fully saturated rings. The molecule has 2 N–H and O–H groups in total. The summed E-state index contributed by atoms with van der Waals surface area (Å²) in [5.74, 6) is 1.27. The van der Waals surface area contributed by atoms with Gasteiger partial charge in [0.1, 0.15) is 11.5 Å². The summed E-state index contributed by atoms with van der Waals surface area (Å²) >= 11 is 0. The molecule has 3 rings (SSSR count). The first-order valence-electron chi connectivity index (χ1n) is 8.18. The molecule has 0 radical (unpaired) electrons. The summed E-state index contributed by atoms with van der Waals surface area (Å²) in [7, 11) is 3.17. The van der Waals surface area contributed by atoms with E-state index in [0.717, 1.165) is 16.7 Å². The van der Waals surface area contributed by atoms with E-state index in [1.807, 2.05) is 36.4 Å². The van der Waals surface area contributed by atoms with Crippen molar-refractivity contribution >= 4 is 16.8 Å². The van der Waals surface area contributed by atoms with Crippen molar-refractivity contribution in [2.45, 2.75) is 13.0 Å². The lowest BCUT2D eigenvalue weighted by atomic mass is 10.1. The van der Waals surface area contributed by atoms with E-state index in [0.29, 0.717) is 16.8 Å². The zero-order chi connectivity index (χ0) is 18.5. The zero-order valence-corrected chi connectivity index (χ0v) is 14.7. The molecule has 0 spiro atoms. The quantitative estimate of drug-likeness (QED) is 0.714. The third-order valence-electron chi connectivity index (χ3n) is 4.13. The molecule has 3 aromatic rings. The van der Waals surface area contributed by atoms with Crippen LogP contribution in [0.5, 0.6) is 11.5 Å². The molecular formula is C20H20N2O4. The average Bonchev–Trinajstić information content (AvgIpc) is 2.66. The molecule has 0 aliphatic carbocycles. The monoisotopic (exact) mass is 352 g/mol. The van der Waals surface area contributed by atoms with Gasteiger partial charge in [-0.2, -0.15) is 0 Å². The van der Waals surface area contributed by atoms with Crippen molar-refractivity contribution in [3.8, 4) is 11.5 Å². The van der Waals surface area contributed by atoms with Crippen molar-refractivity contribution < 1.29 is 14.3 Å². The van der Waals surface area contributed by atoms with Crippen molar-refractivity contribution in [3.63, 3.8) is 0 Å². The number of benzene rings is 2. The predicted octanol–water partition coefficient (Wildman–Crippen LogP) is 2.40. The molecule has 0 unspecified atom stereocenters. The fourth-order valence-corrected chi connectivity index (χ4v) is 2.67. The van der Waals surface area contributed by atoms with E-state index in [-0.39, 0.29) is 24.4 Å². The largest absolute Gasteiger partial charge is 0.497 e. The summed E-state index contributed by atoms with van der Waals surface area (Å²) in [5.41, 5.74) is 1.85. The smallest absolute Gasteiger partial charge is 0.253 e. The highest BCUT2D eigenvalue weighted by molar-refractivity contribution is 5.81. The molecule has 26 heavy (non-hydrogen) atoms. The highest BCUT2D eigenvalue weighted by Gasteiger charge is 2.08. The zero-order valence-electron chi connectivity index (χ0n) is 14.7. The van der Waals surface area contributed by atoms with Gasteiger partial charge >= 0.3 is 0 Å². The van der Waals surface area contributed by atoms with E-state index in [9.17, 15) is 9.59 Å². The fraction of sp³-hybridized carbons (Fsp3) is 0.200. The lowest BCUT2D eigenvalue weighted by molar-refractivity contribution is -0.120. The first-order valence-corrected chi connectivity index (χ1v) is 8.18. The number of ether oxygens (including phenoxy) is 2. The summed E-state index contributed by atoms with van der Waals surface area (Å²) in [6, 6.07) is 14.5. The number of aromatic nitrogens is 1. The minimum absolute atomic E-state index is 0.149. The molecule has 134 valence electrons. The highest BCUT2D eigenvalue weighted by Crippen LogP contribution is 2.18. The minimum Gasteiger partial charge on any atom is -0.497 e. The van der Waals surface area contributed by atoms with E-state index in [2.05, 4.69) is 10.3 Å². The first-order chi connectivity index (χ1) is 12.6. The number of carbonyl (C=O) groups excluding carboxylic acids is 1. The van der Waals surface area contributed by atoms with Crippen LogP contribution >= 0.6 is 0 Å². The molecule has 6 heteroatoms. The fourth-order valence-electron chi connectivity index (χ4n) is 2.67. The van der Waals surface area contributed by atoms with Gasteiger partial charge in [-0.25, -0.2) is 0 Å². The van der Waals surface area contributed by atoms with Crippen molar-refractivity contribution in [1.29, 1.82) is 0 Å². The van der Waals surface area contributed by atoms with E-state index < -0.39 is 0 Å². The second-order valence-electron chi connectivity index (χ2n) is 5.88. The number of nitrogens with one attached hydrogen (secondary N) is 2. The number of methoxy groups -OCH3 is 2. The molecule has 0 bridgehead atoms. The third-order valence-corrected chi connectivity index (χ3v) is 4.13. The number of amides is 1. The molecule has 0 aliphatic heterocycles. The standard InChI is InChI=1S/C20H20N2O4/c1-25-16-6-3-13(4-7-16)9-19(23)21-12-15-10-14-5-8-17(26-2)11-18(14)22-20(15)24/h3-8,10-11H,9,12H2,1-2H3,(H,21,23)(H,22,24). The van der Waals surface area contributed by atoms with Gasteiger partial charge in [-0.1, -0.05) is 12.1 Å². The van der Waals surface area contributed by atoms with Crippen LogP contribution in [0, 0.1) is 0 Å². The maximum absolute atomic E-state index is 12.2. The Morgan fingerprint density at radius 1 is 1.00 bits per heavy atom. The van der Waals surface area contributed by atoms with Crippen LogP contribution in [0.25, 0.3) is 10.9 Å².